The van der Waals surface area contributed by atoms with Crippen LogP contribution in [0, 0.1) is 0 Å². The van der Waals surface area contributed by atoms with Gasteiger partial charge in [-0.25, -0.2) is 9.67 Å². The first-order valence-corrected chi connectivity index (χ1v) is 7.12. The third kappa shape index (κ3) is 3.97. The minimum absolute atomic E-state index is 0.0257. The highest BCUT2D eigenvalue weighted by atomic mass is 16.5. The van der Waals surface area contributed by atoms with Crippen LogP contribution in [0.1, 0.15) is 19.9 Å². The van der Waals surface area contributed by atoms with Crippen molar-refractivity contribution in [3.63, 3.8) is 0 Å². The number of methoxy groups -OCH3 is 1. The van der Waals surface area contributed by atoms with Gasteiger partial charge in [-0.15, -0.1) is 0 Å². The van der Waals surface area contributed by atoms with Gasteiger partial charge in [0.25, 0.3) is 0 Å². The Bertz CT molecular complexity index is 600. The van der Waals surface area contributed by atoms with E-state index in [0.29, 0.717) is 5.75 Å². The molecule has 2 N–H and O–H groups in total. The van der Waals surface area contributed by atoms with Crippen LogP contribution in [0.15, 0.2) is 36.9 Å². The standard InChI is InChI=1S/C15H21N5O2/c1-11(12(2)20-10-16-9-18-20)19-15(21)8-17-13-6-4-5-7-14(13)22-3/h4-7,9-12,17H,8H2,1-3H3,(H,19,21)/t11-,12+/m1/s1. The highest BCUT2D eigenvalue weighted by molar-refractivity contribution is 5.81. The van der Waals surface area contributed by atoms with E-state index in [2.05, 4.69) is 20.7 Å². The van der Waals surface area contributed by atoms with E-state index in [9.17, 15) is 4.79 Å². The number of anilines is 1. The fraction of sp³-hybridized carbons (Fsp3) is 0.400. The lowest BCUT2D eigenvalue weighted by atomic mass is 10.2. The predicted molar refractivity (Wildman–Crippen MR) is 83.8 cm³/mol. The van der Waals surface area contributed by atoms with Crippen LogP contribution in [0.25, 0.3) is 0 Å². The lowest BCUT2D eigenvalue weighted by Crippen LogP contribution is -2.41. The summed E-state index contributed by atoms with van der Waals surface area (Å²) in [6.07, 6.45) is 3.12. The second-order valence-corrected chi connectivity index (χ2v) is 5.03. The van der Waals surface area contributed by atoms with E-state index < -0.39 is 0 Å². The van der Waals surface area contributed by atoms with Gasteiger partial charge in [0, 0.05) is 6.04 Å². The van der Waals surface area contributed by atoms with Crippen LogP contribution < -0.4 is 15.4 Å². The summed E-state index contributed by atoms with van der Waals surface area (Å²) in [5.41, 5.74) is 0.789. The molecule has 0 aliphatic heterocycles. The number of carbonyl (C=O) groups is 1. The van der Waals surface area contributed by atoms with Crippen LogP contribution in [-0.2, 0) is 4.79 Å². The van der Waals surface area contributed by atoms with Crippen LogP contribution in [-0.4, -0.2) is 40.4 Å². The van der Waals surface area contributed by atoms with Crippen molar-refractivity contribution >= 4 is 11.6 Å². The maximum absolute atomic E-state index is 12.0. The summed E-state index contributed by atoms with van der Waals surface area (Å²) in [6.45, 7) is 4.09. The molecule has 0 saturated heterocycles. The van der Waals surface area contributed by atoms with E-state index in [-0.39, 0.29) is 24.5 Å². The van der Waals surface area contributed by atoms with Gasteiger partial charge in [0.1, 0.15) is 18.4 Å². The number of hydrogen-bond donors (Lipinski definition) is 2. The fourth-order valence-corrected chi connectivity index (χ4v) is 2.05. The van der Waals surface area contributed by atoms with Gasteiger partial charge in [-0.2, -0.15) is 5.10 Å². The zero-order valence-corrected chi connectivity index (χ0v) is 13.0. The van der Waals surface area contributed by atoms with Crippen molar-refractivity contribution in [1.82, 2.24) is 20.1 Å². The van der Waals surface area contributed by atoms with Crippen molar-refractivity contribution in [1.29, 1.82) is 0 Å². The summed E-state index contributed by atoms with van der Waals surface area (Å²) in [6, 6.07) is 7.44. The highest BCUT2D eigenvalue weighted by Crippen LogP contribution is 2.22. The second-order valence-electron chi connectivity index (χ2n) is 5.03. The molecule has 0 radical (unpaired) electrons. The molecule has 2 aromatic rings. The monoisotopic (exact) mass is 303 g/mol. The number of carbonyl (C=O) groups excluding carboxylic acids is 1. The number of para-hydroxylation sites is 2. The van der Waals surface area contributed by atoms with Gasteiger partial charge in [-0.1, -0.05) is 12.1 Å². The van der Waals surface area contributed by atoms with E-state index in [4.69, 9.17) is 4.74 Å². The molecule has 22 heavy (non-hydrogen) atoms. The second kappa shape index (κ2) is 7.44. The molecule has 1 aromatic heterocycles. The summed E-state index contributed by atoms with van der Waals surface area (Å²) in [7, 11) is 1.60. The fourth-order valence-electron chi connectivity index (χ4n) is 2.05. The predicted octanol–water partition coefficient (Wildman–Crippen LogP) is 1.46. The van der Waals surface area contributed by atoms with Gasteiger partial charge in [0.05, 0.1) is 25.4 Å². The highest BCUT2D eigenvalue weighted by Gasteiger charge is 2.16. The minimum Gasteiger partial charge on any atom is -0.495 e. The van der Waals surface area contributed by atoms with E-state index in [1.165, 1.54) is 6.33 Å². The van der Waals surface area contributed by atoms with Gasteiger partial charge in [0.15, 0.2) is 0 Å². The number of nitrogens with one attached hydrogen (secondary N) is 2. The number of aromatic nitrogens is 3. The Morgan fingerprint density at radius 2 is 2.14 bits per heavy atom. The summed E-state index contributed by atoms with van der Waals surface area (Å²) < 4.78 is 6.95. The van der Waals surface area contributed by atoms with E-state index >= 15 is 0 Å². The molecular weight excluding hydrogens is 282 g/mol. The Morgan fingerprint density at radius 3 is 2.82 bits per heavy atom. The van der Waals surface area contributed by atoms with Crippen molar-refractivity contribution in [3.05, 3.63) is 36.9 Å². The molecule has 0 unspecified atom stereocenters. The van der Waals surface area contributed by atoms with Gasteiger partial charge < -0.3 is 15.4 Å². The summed E-state index contributed by atoms with van der Waals surface area (Å²) in [5.74, 6) is 0.615. The van der Waals surface area contributed by atoms with Crippen LogP contribution in [0.3, 0.4) is 0 Å². The molecule has 1 heterocycles. The minimum atomic E-state index is -0.0922. The van der Waals surface area contributed by atoms with E-state index in [1.807, 2.05) is 38.1 Å². The molecule has 1 amide bonds. The first kappa shape index (κ1) is 15.8. The molecule has 0 aliphatic carbocycles. The largest absolute Gasteiger partial charge is 0.495 e. The Kier molecular flexibility index (Phi) is 5.35. The number of ether oxygens (including phenoxy) is 1. The van der Waals surface area contributed by atoms with Gasteiger partial charge in [-0.3, -0.25) is 4.79 Å². The number of hydrogen-bond acceptors (Lipinski definition) is 5. The molecule has 0 bridgehead atoms. The molecule has 0 aliphatic rings. The first-order chi connectivity index (χ1) is 10.6. The molecule has 118 valence electrons. The maximum atomic E-state index is 12.0. The molecule has 0 spiro atoms. The quantitative estimate of drug-likeness (QED) is 0.809. The average Bonchev–Trinajstić information content (AvgIpc) is 3.06. The third-order valence-corrected chi connectivity index (χ3v) is 3.51. The smallest absolute Gasteiger partial charge is 0.239 e. The number of nitrogens with zero attached hydrogens (tertiary/aromatic N) is 3. The summed E-state index contributed by atoms with van der Waals surface area (Å²) in [4.78, 5) is 16.0. The topological polar surface area (TPSA) is 81.1 Å². The van der Waals surface area contributed by atoms with Crippen LogP contribution >= 0.6 is 0 Å². The Balaban J connectivity index is 1.85. The first-order valence-electron chi connectivity index (χ1n) is 7.12. The lowest BCUT2D eigenvalue weighted by Gasteiger charge is -2.21. The molecule has 2 rings (SSSR count). The van der Waals surface area contributed by atoms with Crippen molar-refractivity contribution in [2.24, 2.45) is 0 Å². The van der Waals surface area contributed by atoms with Gasteiger partial charge in [0.2, 0.25) is 5.91 Å². The molecule has 7 heteroatoms. The zero-order chi connectivity index (χ0) is 15.9. The maximum Gasteiger partial charge on any atom is 0.239 e. The Labute approximate surface area is 129 Å². The van der Waals surface area contributed by atoms with Crippen LogP contribution in [0.5, 0.6) is 5.75 Å². The average molecular weight is 303 g/mol. The normalized spacial score (nSPS) is 13.2. The third-order valence-electron chi connectivity index (χ3n) is 3.51. The molecule has 0 fully saturated rings. The van der Waals surface area contributed by atoms with Gasteiger partial charge >= 0.3 is 0 Å². The molecule has 0 saturated carbocycles. The molecule has 7 nitrogen and oxygen atoms in total. The summed E-state index contributed by atoms with van der Waals surface area (Å²) in [5, 5.41) is 10.1. The van der Waals surface area contributed by atoms with Crippen molar-refractivity contribution in [2.75, 3.05) is 19.0 Å². The van der Waals surface area contributed by atoms with E-state index in [1.54, 1.807) is 18.1 Å². The van der Waals surface area contributed by atoms with Crippen molar-refractivity contribution in [2.45, 2.75) is 25.9 Å². The molecule has 1 aromatic carbocycles. The SMILES string of the molecule is COc1ccccc1NCC(=O)N[C@H](C)[C@H](C)n1cncn1. The van der Waals surface area contributed by atoms with E-state index in [0.717, 1.165) is 5.69 Å². The summed E-state index contributed by atoms with van der Waals surface area (Å²) >= 11 is 0. The Morgan fingerprint density at radius 1 is 1.36 bits per heavy atom. The zero-order valence-electron chi connectivity index (χ0n) is 13.0. The van der Waals surface area contributed by atoms with Crippen molar-refractivity contribution in [3.8, 4) is 5.75 Å². The molecular formula is C15H21N5O2. The molecule has 2 atom stereocenters. The van der Waals surface area contributed by atoms with Crippen LogP contribution in [0.2, 0.25) is 0 Å². The number of benzene rings is 1. The lowest BCUT2D eigenvalue weighted by molar-refractivity contribution is -0.120. The van der Waals surface area contributed by atoms with Crippen molar-refractivity contribution < 1.29 is 9.53 Å². The Hall–Kier alpha value is -2.57. The number of amides is 1. The van der Waals surface area contributed by atoms with Crippen LogP contribution in [0.4, 0.5) is 5.69 Å². The van der Waals surface area contributed by atoms with Gasteiger partial charge in [-0.05, 0) is 26.0 Å². The number of rotatable bonds is 7.